The summed E-state index contributed by atoms with van der Waals surface area (Å²) in [5, 5.41) is 1.13. The molecule has 0 aliphatic heterocycles. The standard InChI is InChI=1S/C10H7Cl2N3/c11-7-1-6(2-8(12)3-7)9-4-10(13)15-5-14-9/h1-5H,(H2,13,14,15). The SMILES string of the molecule is Nc1cc(-c2cc(Cl)cc(Cl)c2)ncn1. The molecule has 2 N–H and O–H groups in total. The first-order valence-electron chi connectivity index (χ1n) is 4.19. The van der Waals surface area contributed by atoms with Gasteiger partial charge in [-0.2, -0.15) is 0 Å². The molecule has 0 radical (unpaired) electrons. The van der Waals surface area contributed by atoms with Gasteiger partial charge in [0.2, 0.25) is 0 Å². The third-order valence-corrected chi connectivity index (χ3v) is 2.28. The number of benzene rings is 1. The summed E-state index contributed by atoms with van der Waals surface area (Å²) >= 11 is 11.8. The molecule has 15 heavy (non-hydrogen) atoms. The number of nitrogen functional groups attached to an aromatic ring is 1. The summed E-state index contributed by atoms with van der Waals surface area (Å²) in [5.74, 6) is 0.413. The Labute approximate surface area is 96.9 Å². The van der Waals surface area contributed by atoms with Crippen LogP contribution in [-0.4, -0.2) is 9.97 Å². The van der Waals surface area contributed by atoms with Crippen LogP contribution in [0.15, 0.2) is 30.6 Å². The second-order valence-corrected chi connectivity index (χ2v) is 3.86. The van der Waals surface area contributed by atoms with Crippen LogP contribution in [0.25, 0.3) is 11.3 Å². The highest BCUT2D eigenvalue weighted by Crippen LogP contribution is 2.26. The van der Waals surface area contributed by atoms with Gasteiger partial charge >= 0.3 is 0 Å². The van der Waals surface area contributed by atoms with Gasteiger partial charge in [-0.15, -0.1) is 0 Å². The van der Waals surface area contributed by atoms with Crippen LogP contribution in [0.5, 0.6) is 0 Å². The van der Waals surface area contributed by atoms with Gasteiger partial charge in [0, 0.05) is 21.7 Å². The number of nitrogens with zero attached hydrogens (tertiary/aromatic N) is 2. The molecular weight excluding hydrogens is 233 g/mol. The average Bonchev–Trinajstić information content (AvgIpc) is 2.16. The number of hydrogen-bond acceptors (Lipinski definition) is 3. The van der Waals surface area contributed by atoms with Gasteiger partial charge in [0.05, 0.1) is 5.69 Å². The van der Waals surface area contributed by atoms with Crippen molar-refractivity contribution in [2.45, 2.75) is 0 Å². The second kappa shape index (κ2) is 4.04. The zero-order valence-electron chi connectivity index (χ0n) is 7.61. The molecule has 0 bridgehead atoms. The minimum absolute atomic E-state index is 0.413. The number of nitrogens with two attached hydrogens (primary N) is 1. The average molecular weight is 240 g/mol. The molecule has 2 aromatic rings. The second-order valence-electron chi connectivity index (χ2n) is 2.99. The first kappa shape index (κ1) is 10.2. The summed E-state index contributed by atoms with van der Waals surface area (Å²) < 4.78 is 0. The fourth-order valence-electron chi connectivity index (χ4n) is 1.23. The molecule has 76 valence electrons. The lowest BCUT2D eigenvalue weighted by Gasteiger charge is -2.02. The molecule has 0 saturated heterocycles. The predicted molar refractivity (Wildman–Crippen MR) is 61.9 cm³/mol. The third-order valence-electron chi connectivity index (χ3n) is 1.85. The van der Waals surface area contributed by atoms with Crippen molar-refractivity contribution in [2.24, 2.45) is 0 Å². The zero-order chi connectivity index (χ0) is 10.8. The summed E-state index contributed by atoms with van der Waals surface area (Å²) in [4.78, 5) is 7.89. The Hall–Kier alpha value is -1.32. The summed E-state index contributed by atoms with van der Waals surface area (Å²) in [6.07, 6.45) is 1.40. The smallest absolute Gasteiger partial charge is 0.127 e. The van der Waals surface area contributed by atoms with Gasteiger partial charge in [0.1, 0.15) is 12.1 Å². The summed E-state index contributed by atoms with van der Waals surface area (Å²) in [6.45, 7) is 0. The highest BCUT2D eigenvalue weighted by atomic mass is 35.5. The number of anilines is 1. The fraction of sp³-hybridized carbons (Fsp3) is 0. The van der Waals surface area contributed by atoms with Crippen LogP contribution in [0.2, 0.25) is 10.0 Å². The van der Waals surface area contributed by atoms with Gasteiger partial charge in [-0.25, -0.2) is 9.97 Å². The van der Waals surface area contributed by atoms with Crippen molar-refractivity contribution in [3.8, 4) is 11.3 Å². The number of aromatic nitrogens is 2. The van der Waals surface area contributed by atoms with Crippen molar-refractivity contribution in [1.82, 2.24) is 9.97 Å². The molecule has 0 spiro atoms. The first-order valence-corrected chi connectivity index (χ1v) is 4.95. The quantitative estimate of drug-likeness (QED) is 0.833. The van der Waals surface area contributed by atoms with E-state index in [0.717, 1.165) is 5.56 Å². The minimum atomic E-state index is 0.413. The van der Waals surface area contributed by atoms with E-state index in [1.807, 2.05) is 0 Å². The van der Waals surface area contributed by atoms with E-state index in [4.69, 9.17) is 28.9 Å². The highest BCUT2D eigenvalue weighted by Gasteiger charge is 2.03. The number of hydrogen-bond donors (Lipinski definition) is 1. The first-order chi connectivity index (χ1) is 7.15. The van der Waals surface area contributed by atoms with Crippen LogP contribution in [0.4, 0.5) is 5.82 Å². The molecule has 0 aliphatic carbocycles. The summed E-state index contributed by atoms with van der Waals surface area (Å²) in [7, 11) is 0. The van der Waals surface area contributed by atoms with Crippen LogP contribution in [0, 0.1) is 0 Å². The monoisotopic (exact) mass is 239 g/mol. The lowest BCUT2D eigenvalue weighted by atomic mass is 10.1. The van der Waals surface area contributed by atoms with Crippen LogP contribution in [0.3, 0.4) is 0 Å². The van der Waals surface area contributed by atoms with Gasteiger partial charge in [-0.1, -0.05) is 23.2 Å². The summed E-state index contributed by atoms with van der Waals surface area (Å²) in [6, 6.07) is 6.88. The van der Waals surface area contributed by atoms with Crippen molar-refractivity contribution in [3.05, 3.63) is 40.6 Å². The Bertz CT molecular complexity index is 480. The van der Waals surface area contributed by atoms with Crippen LogP contribution < -0.4 is 5.73 Å². The Morgan fingerprint density at radius 1 is 0.933 bits per heavy atom. The minimum Gasteiger partial charge on any atom is -0.384 e. The van der Waals surface area contributed by atoms with Crippen LogP contribution in [-0.2, 0) is 0 Å². The maximum Gasteiger partial charge on any atom is 0.127 e. The largest absolute Gasteiger partial charge is 0.384 e. The Morgan fingerprint density at radius 3 is 2.20 bits per heavy atom. The van der Waals surface area contributed by atoms with Crippen molar-refractivity contribution in [2.75, 3.05) is 5.73 Å². The molecule has 0 atom stereocenters. The summed E-state index contributed by atoms with van der Waals surface area (Å²) in [5.41, 5.74) is 7.08. The van der Waals surface area contributed by atoms with Crippen molar-refractivity contribution in [1.29, 1.82) is 0 Å². The molecule has 0 aliphatic rings. The Balaban J connectivity index is 2.54. The topological polar surface area (TPSA) is 51.8 Å². The van der Waals surface area contributed by atoms with Gasteiger partial charge in [0.25, 0.3) is 0 Å². The molecule has 5 heteroatoms. The van der Waals surface area contributed by atoms with Gasteiger partial charge in [0.15, 0.2) is 0 Å². The van der Waals surface area contributed by atoms with Gasteiger partial charge < -0.3 is 5.73 Å². The fourth-order valence-corrected chi connectivity index (χ4v) is 1.76. The van der Waals surface area contributed by atoms with E-state index >= 15 is 0 Å². The molecular formula is C10H7Cl2N3. The van der Waals surface area contributed by atoms with E-state index in [1.54, 1.807) is 24.3 Å². The van der Waals surface area contributed by atoms with E-state index in [9.17, 15) is 0 Å². The Kier molecular flexibility index (Phi) is 2.75. The van der Waals surface area contributed by atoms with E-state index in [1.165, 1.54) is 6.33 Å². The molecule has 0 fully saturated rings. The van der Waals surface area contributed by atoms with Gasteiger partial charge in [-0.05, 0) is 18.2 Å². The van der Waals surface area contributed by atoms with Crippen molar-refractivity contribution in [3.63, 3.8) is 0 Å². The van der Waals surface area contributed by atoms with E-state index in [-0.39, 0.29) is 0 Å². The third kappa shape index (κ3) is 2.37. The predicted octanol–water partition coefficient (Wildman–Crippen LogP) is 3.03. The molecule has 0 saturated carbocycles. The van der Waals surface area contributed by atoms with Crippen LogP contribution in [0.1, 0.15) is 0 Å². The molecule has 0 amide bonds. The molecule has 1 aromatic carbocycles. The van der Waals surface area contributed by atoms with Crippen LogP contribution >= 0.6 is 23.2 Å². The highest BCUT2D eigenvalue weighted by molar-refractivity contribution is 6.35. The maximum absolute atomic E-state index is 5.88. The molecule has 2 rings (SSSR count). The lowest BCUT2D eigenvalue weighted by molar-refractivity contribution is 1.18. The van der Waals surface area contributed by atoms with E-state index < -0.39 is 0 Å². The number of rotatable bonds is 1. The lowest BCUT2D eigenvalue weighted by Crippen LogP contribution is -1.92. The zero-order valence-corrected chi connectivity index (χ0v) is 9.13. The maximum atomic E-state index is 5.88. The Morgan fingerprint density at radius 2 is 1.60 bits per heavy atom. The number of halogens is 2. The van der Waals surface area contributed by atoms with E-state index in [0.29, 0.717) is 21.6 Å². The normalized spacial score (nSPS) is 10.3. The molecule has 1 heterocycles. The van der Waals surface area contributed by atoms with E-state index in [2.05, 4.69) is 9.97 Å². The molecule has 0 unspecified atom stereocenters. The van der Waals surface area contributed by atoms with Crippen molar-refractivity contribution < 1.29 is 0 Å². The molecule has 3 nitrogen and oxygen atoms in total. The molecule has 1 aromatic heterocycles. The van der Waals surface area contributed by atoms with Gasteiger partial charge in [-0.3, -0.25) is 0 Å². The van der Waals surface area contributed by atoms with Crippen molar-refractivity contribution >= 4 is 29.0 Å².